The highest BCUT2D eigenvalue weighted by Crippen LogP contribution is 2.37. The lowest BCUT2D eigenvalue weighted by Crippen LogP contribution is -2.45. The Labute approximate surface area is 73.9 Å². The van der Waals surface area contributed by atoms with Gasteiger partial charge < -0.3 is 10.0 Å². The summed E-state index contributed by atoms with van der Waals surface area (Å²) in [6.07, 6.45) is 7.55. The number of nitrogens with zero attached hydrogens (tertiary/aromatic N) is 1. The minimum absolute atomic E-state index is 0.467. The van der Waals surface area contributed by atoms with Crippen molar-refractivity contribution in [2.24, 2.45) is 0 Å². The summed E-state index contributed by atoms with van der Waals surface area (Å²) in [6, 6.07) is 0. The molecule has 12 heavy (non-hydrogen) atoms. The minimum atomic E-state index is -0.467. The van der Waals surface area contributed by atoms with E-state index in [1.165, 1.54) is 5.70 Å². The van der Waals surface area contributed by atoms with Crippen molar-refractivity contribution in [2.45, 2.75) is 37.7 Å². The van der Waals surface area contributed by atoms with Crippen LogP contribution in [0.5, 0.6) is 0 Å². The molecule has 2 aliphatic rings. The Morgan fingerprint density at radius 2 is 2.17 bits per heavy atom. The maximum atomic E-state index is 10.3. The number of fused-ring (bicyclic) bond motifs is 1. The monoisotopic (exact) mass is 167 g/mol. The zero-order chi connectivity index (χ0) is 8.60. The highest BCUT2D eigenvalue weighted by atomic mass is 16.3. The molecule has 1 unspecified atom stereocenters. The zero-order valence-electron chi connectivity index (χ0n) is 7.71. The standard InChI is InChI=1S/C10H17NO/c1-11-8-4-7-10(12)6-3-2-5-9(10)11/h5,12H,2-4,6-8H2,1H3. The van der Waals surface area contributed by atoms with Crippen LogP contribution in [0.1, 0.15) is 32.1 Å². The first-order valence-corrected chi connectivity index (χ1v) is 4.86. The highest BCUT2D eigenvalue weighted by Gasteiger charge is 2.37. The molecule has 0 radical (unpaired) electrons. The second-order valence-electron chi connectivity index (χ2n) is 4.04. The first-order valence-electron chi connectivity index (χ1n) is 4.86. The van der Waals surface area contributed by atoms with Gasteiger partial charge in [-0.15, -0.1) is 0 Å². The highest BCUT2D eigenvalue weighted by molar-refractivity contribution is 5.20. The normalized spacial score (nSPS) is 35.8. The SMILES string of the molecule is CN1CCCC2(O)CCCC=C12. The number of aliphatic hydroxyl groups is 1. The van der Waals surface area contributed by atoms with Crippen molar-refractivity contribution in [3.8, 4) is 0 Å². The fourth-order valence-corrected chi connectivity index (χ4v) is 2.44. The molecule has 0 spiro atoms. The van der Waals surface area contributed by atoms with Crippen molar-refractivity contribution < 1.29 is 5.11 Å². The van der Waals surface area contributed by atoms with Crippen LogP contribution in [0.4, 0.5) is 0 Å². The Balaban J connectivity index is 2.27. The van der Waals surface area contributed by atoms with E-state index in [1.54, 1.807) is 0 Å². The van der Waals surface area contributed by atoms with Crippen LogP contribution in [-0.2, 0) is 0 Å². The third-order valence-electron chi connectivity index (χ3n) is 3.10. The van der Waals surface area contributed by atoms with Gasteiger partial charge in [0.15, 0.2) is 0 Å². The molecule has 1 N–H and O–H groups in total. The molecule has 0 saturated carbocycles. The molecular formula is C10H17NO. The summed E-state index contributed by atoms with van der Waals surface area (Å²) in [7, 11) is 2.08. The molecule has 68 valence electrons. The van der Waals surface area contributed by atoms with Crippen molar-refractivity contribution in [3.63, 3.8) is 0 Å². The van der Waals surface area contributed by atoms with Gasteiger partial charge in [0.1, 0.15) is 5.60 Å². The van der Waals surface area contributed by atoms with Gasteiger partial charge in [0.05, 0.1) is 0 Å². The van der Waals surface area contributed by atoms with E-state index >= 15 is 0 Å². The zero-order valence-corrected chi connectivity index (χ0v) is 7.71. The third-order valence-corrected chi connectivity index (χ3v) is 3.10. The van der Waals surface area contributed by atoms with Crippen LogP contribution >= 0.6 is 0 Å². The number of rotatable bonds is 0. The number of hydrogen-bond acceptors (Lipinski definition) is 2. The van der Waals surface area contributed by atoms with Crippen LogP contribution in [0.15, 0.2) is 11.8 Å². The lowest BCUT2D eigenvalue weighted by Gasteiger charge is -2.43. The van der Waals surface area contributed by atoms with E-state index < -0.39 is 5.60 Å². The summed E-state index contributed by atoms with van der Waals surface area (Å²) in [6.45, 7) is 1.11. The minimum Gasteiger partial charge on any atom is -0.384 e. The van der Waals surface area contributed by atoms with Gasteiger partial charge in [-0.1, -0.05) is 6.08 Å². The quantitative estimate of drug-likeness (QED) is 0.591. The van der Waals surface area contributed by atoms with Crippen molar-refractivity contribution in [1.29, 1.82) is 0 Å². The van der Waals surface area contributed by atoms with Crippen LogP contribution in [0.3, 0.4) is 0 Å². The lowest BCUT2D eigenvalue weighted by molar-refractivity contribution is 0.00463. The van der Waals surface area contributed by atoms with E-state index in [0.29, 0.717) is 0 Å². The molecule has 0 amide bonds. The van der Waals surface area contributed by atoms with E-state index in [4.69, 9.17) is 0 Å². The van der Waals surface area contributed by atoms with E-state index in [9.17, 15) is 5.11 Å². The predicted molar refractivity (Wildman–Crippen MR) is 48.7 cm³/mol. The molecule has 0 aromatic heterocycles. The maximum absolute atomic E-state index is 10.3. The van der Waals surface area contributed by atoms with Crippen LogP contribution in [0.2, 0.25) is 0 Å². The van der Waals surface area contributed by atoms with Gasteiger partial charge in [-0.25, -0.2) is 0 Å². The number of allylic oxidation sites excluding steroid dienone is 1. The molecule has 1 atom stereocenters. The summed E-state index contributed by atoms with van der Waals surface area (Å²) in [4.78, 5) is 2.21. The van der Waals surface area contributed by atoms with Gasteiger partial charge in [-0.05, 0) is 32.1 Å². The molecule has 0 aromatic carbocycles. The van der Waals surface area contributed by atoms with Crippen molar-refractivity contribution >= 4 is 0 Å². The van der Waals surface area contributed by atoms with Crippen LogP contribution in [0.25, 0.3) is 0 Å². The second-order valence-corrected chi connectivity index (χ2v) is 4.04. The van der Waals surface area contributed by atoms with E-state index in [1.807, 2.05) is 0 Å². The molecule has 1 aliphatic heterocycles. The van der Waals surface area contributed by atoms with Crippen molar-refractivity contribution in [2.75, 3.05) is 13.6 Å². The molecule has 1 fully saturated rings. The first kappa shape index (κ1) is 8.11. The number of likely N-dealkylation sites (N-methyl/N-ethyl adjacent to an activating group) is 1. The number of piperidine rings is 1. The predicted octanol–water partition coefficient (Wildman–Crippen LogP) is 1.51. The summed E-state index contributed by atoms with van der Waals surface area (Å²) in [5, 5.41) is 10.3. The molecule has 1 saturated heterocycles. The molecular weight excluding hydrogens is 150 g/mol. The van der Waals surface area contributed by atoms with Gasteiger partial charge in [0.25, 0.3) is 0 Å². The van der Waals surface area contributed by atoms with Gasteiger partial charge in [-0.3, -0.25) is 0 Å². The Morgan fingerprint density at radius 3 is 2.92 bits per heavy atom. The van der Waals surface area contributed by atoms with Gasteiger partial charge in [0.2, 0.25) is 0 Å². The summed E-state index contributed by atoms with van der Waals surface area (Å²) in [5.74, 6) is 0. The fourth-order valence-electron chi connectivity index (χ4n) is 2.44. The molecule has 1 aliphatic carbocycles. The summed E-state index contributed by atoms with van der Waals surface area (Å²) >= 11 is 0. The van der Waals surface area contributed by atoms with Crippen LogP contribution < -0.4 is 0 Å². The topological polar surface area (TPSA) is 23.5 Å². The molecule has 2 nitrogen and oxygen atoms in total. The van der Waals surface area contributed by atoms with Crippen LogP contribution in [0, 0.1) is 0 Å². The van der Waals surface area contributed by atoms with E-state index in [-0.39, 0.29) is 0 Å². The largest absolute Gasteiger partial charge is 0.384 e. The molecule has 2 rings (SSSR count). The van der Waals surface area contributed by atoms with Crippen LogP contribution in [-0.4, -0.2) is 29.2 Å². The lowest BCUT2D eigenvalue weighted by atomic mass is 9.81. The smallest absolute Gasteiger partial charge is 0.104 e. The molecule has 0 bridgehead atoms. The number of likely N-dealkylation sites (tertiary alicyclic amines) is 1. The van der Waals surface area contributed by atoms with E-state index in [2.05, 4.69) is 18.0 Å². The van der Waals surface area contributed by atoms with Crippen molar-refractivity contribution in [3.05, 3.63) is 11.8 Å². The second kappa shape index (κ2) is 2.77. The van der Waals surface area contributed by atoms with E-state index in [0.717, 1.165) is 38.6 Å². The molecule has 1 heterocycles. The molecule has 0 aromatic rings. The van der Waals surface area contributed by atoms with Gasteiger partial charge in [0, 0.05) is 19.3 Å². The Bertz CT molecular complexity index is 212. The van der Waals surface area contributed by atoms with Gasteiger partial charge >= 0.3 is 0 Å². The Morgan fingerprint density at radius 1 is 1.42 bits per heavy atom. The summed E-state index contributed by atoms with van der Waals surface area (Å²) in [5.41, 5.74) is 0.714. The average Bonchev–Trinajstić information content (AvgIpc) is 2.04. The summed E-state index contributed by atoms with van der Waals surface area (Å²) < 4.78 is 0. The Hall–Kier alpha value is -0.500. The number of hydrogen-bond donors (Lipinski definition) is 1. The molecule has 2 heteroatoms. The van der Waals surface area contributed by atoms with Crippen molar-refractivity contribution in [1.82, 2.24) is 4.90 Å². The fraction of sp³-hybridized carbons (Fsp3) is 0.800. The Kier molecular flexibility index (Phi) is 1.87. The first-order chi connectivity index (χ1) is 5.72. The van der Waals surface area contributed by atoms with Gasteiger partial charge in [-0.2, -0.15) is 0 Å². The maximum Gasteiger partial charge on any atom is 0.104 e. The average molecular weight is 167 g/mol. The third kappa shape index (κ3) is 1.14.